The zero-order valence-corrected chi connectivity index (χ0v) is 14.5. The summed E-state index contributed by atoms with van der Waals surface area (Å²) in [6, 6.07) is 3.38. The van der Waals surface area contributed by atoms with E-state index in [9.17, 15) is 4.79 Å². The van der Waals surface area contributed by atoms with Crippen LogP contribution in [0, 0.1) is 12.3 Å². The van der Waals surface area contributed by atoms with E-state index in [1.807, 2.05) is 4.90 Å². The molecule has 0 radical (unpaired) electrons. The normalized spacial score (nSPS) is 14.8. The van der Waals surface area contributed by atoms with Crippen molar-refractivity contribution in [1.82, 2.24) is 9.80 Å². The maximum Gasteiger partial charge on any atom is 0.254 e. The summed E-state index contributed by atoms with van der Waals surface area (Å²) in [5.41, 5.74) is 0.529. The number of amides is 1. The first-order chi connectivity index (χ1) is 11.6. The minimum atomic E-state index is -0.0362. The van der Waals surface area contributed by atoms with Crippen molar-refractivity contribution in [1.29, 1.82) is 0 Å². The molecule has 1 fully saturated rings. The van der Waals surface area contributed by atoms with E-state index in [4.69, 9.17) is 20.6 Å². The smallest absolute Gasteiger partial charge is 0.254 e. The lowest BCUT2D eigenvalue weighted by Gasteiger charge is -2.34. The van der Waals surface area contributed by atoms with Crippen molar-refractivity contribution in [2.75, 3.05) is 54.1 Å². The first kappa shape index (κ1) is 18.0. The molecule has 6 heteroatoms. The molecule has 0 N–H and O–H groups in total. The van der Waals surface area contributed by atoms with Crippen LogP contribution in [0.4, 0.5) is 0 Å². The summed E-state index contributed by atoms with van der Waals surface area (Å²) in [4.78, 5) is 16.9. The van der Waals surface area contributed by atoms with Gasteiger partial charge in [-0.15, -0.1) is 12.3 Å². The van der Waals surface area contributed by atoms with Crippen molar-refractivity contribution in [3.05, 3.63) is 17.7 Å². The van der Waals surface area contributed by atoms with Crippen LogP contribution in [0.1, 0.15) is 16.8 Å². The number of carbonyl (C=O) groups is 1. The van der Waals surface area contributed by atoms with E-state index in [1.165, 1.54) is 21.3 Å². The third kappa shape index (κ3) is 3.92. The number of piperazine rings is 1. The predicted molar refractivity (Wildman–Crippen MR) is 91.9 cm³/mol. The molecule has 1 aromatic rings. The number of rotatable bonds is 6. The Hall–Kier alpha value is -2.39. The number of nitrogens with zero attached hydrogens (tertiary/aromatic N) is 2. The Morgan fingerprint density at radius 3 is 2.12 bits per heavy atom. The molecule has 1 heterocycles. The lowest BCUT2D eigenvalue weighted by molar-refractivity contribution is 0.0639. The van der Waals surface area contributed by atoms with Gasteiger partial charge < -0.3 is 19.1 Å². The fourth-order valence-corrected chi connectivity index (χ4v) is 2.78. The fraction of sp³-hybridized carbons (Fsp3) is 0.500. The van der Waals surface area contributed by atoms with Crippen molar-refractivity contribution >= 4 is 5.91 Å². The second-order valence-corrected chi connectivity index (χ2v) is 5.50. The van der Waals surface area contributed by atoms with Gasteiger partial charge in [0.05, 0.1) is 21.3 Å². The average Bonchev–Trinajstić information content (AvgIpc) is 2.64. The molecule has 0 bridgehead atoms. The zero-order chi connectivity index (χ0) is 17.5. The number of ether oxygens (including phenoxy) is 3. The van der Waals surface area contributed by atoms with E-state index >= 15 is 0 Å². The monoisotopic (exact) mass is 332 g/mol. The molecule has 130 valence electrons. The largest absolute Gasteiger partial charge is 0.493 e. The van der Waals surface area contributed by atoms with Gasteiger partial charge in [0.2, 0.25) is 5.75 Å². The number of hydrogen-bond donors (Lipinski definition) is 0. The van der Waals surface area contributed by atoms with Gasteiger partial charge in [-0.05, 0) is 12.1 Å². The molecule has 0 spiro atoms. The molecule has 1 aromatic carbocycles. The Kier molecular flexibility index (Phi) is 6.33. The van der Waals surface area contributed by atoms with E-state index in [0.29, 0.717) is 35.9 Å². The molecule has 1 aliphatic heterocycles. The fourth-order valence-electron chi connectivity index (χ4n) is 2.78. The van der Waals surface area contributed by atoms with Crippen LogP contribution >= 0.6 is 0 Å². The average molecular weight is 332 g/mol. The summed E-state index contributed by atoms with van der Waals surface area (Å²) >= 11 is 0. The topological polar surface area (TPSA) is 51.2 Å². The summed E-state index contributed by atoms with van der Waals surface area (Å²) in [6.45, 7) is 3.90. The van der Waals surface area contributed by atoms with Crippen LogP contribution in [-0.2, 0) is 0 Å². The van der Waals surface area contributed by atoms with E-state index in [1.54, 1.807) is 12.1 Å². The van der Waals surface area contributed by atoms with Gasteiger partial charge in [-0.25, -0.2) is 0 Å². The van der Waals surface area contributed by atoms with Crippen LogP contribution in [0.5, 0.6) is 17.2 Å². The molecule has 1 aliphatic rings. The molecule has 1 saturated heterocycles. The Bertz CT molecular complexity index is 591. The van der Waals surface area contributed by atoms with Crippen LogP contribution in [0.25, 0.3) is 0 Å². The Morgan fingerprint density at radius 2 is 1.67 bits per heavy atom. The van der Waals surface area contributed by atoms with E-state index in [-0.39, 0.29) is 5.91 Å². The molecule has 0 saturated carbocycles. The number of carbonyl (C=O) groups excluding carboxylic acids is 1. The van der Waals surface area contributed by atoms with Gasteiger partial charge in [-0.2, -0.15) is 0 Å². The van der Waals surface area contributed by atoms with Crippen molar-refractivity contribution in [2.24, 2.45) is 0 Å². The van der Waals surface area contributed by atoms with Crippen molar-refractivity contribution < 1.29 is 19.0 Å². The molecular formula is C18H24N2O4. The second kappa shape index (κ2) is 8.46. The van der Waals surface area contributed by atoms with Gasteiger partial charge in [0.15, 0.2) is 11.5 Å². The highest BCUT2D eigenvalue weighted by Crippen LogP contribution is 2.38. The SMILES string of the molecule is C#CCCN1CCN(C(=O)c2cc(OC)c(OC)c(OC)c2)CC1. The summed E-state index contributed by atoms with van der Waals surface area (Å²) in [7, 11) is 4.61. The van der Waals surface area contributed by atoms with Gasteiger partial charge in [-0.3, -0.25) is 9.69 Å². The highest BCUT2D eigenvalue weighted by Gasteiger charge is 2.24. The lowest BCUT2D eigenvalue weighted by atomic mass is 10.1. The number of terminal acetylenes is 1. The highest BCUT2D eigenvalue weighted by atomic mass is 16.5. The number of benzene rings is 1. The lowest BCUT2D eigenvalue weighted by Crippen LogP contribution is -2.48. The maximum atomic E-state index is 12.8. The third-order valence-corrected chi connectivity index (χ3v) is 4.14. The Balaban J connectivity index is 2.12. The molecule has 0 unspecified atom stereocenters. The Morgan fingerprint density at radius 1 is 1.08 bits per heavy atom. The molecule has 0 aromatic heterocycles. The maximum absolute atomic E-state index is 12.8. The summed E-state index contributed by atoms with van der Waals surface area (Å²) < 4.78 is 15.9. The summed E-state index contributed by atoms with van der Waals surface area (Å²) in [6.07, 6.45) is 6.04. The van der Waals surface area contributed by atoms with Crippen LogP contribution in [0.15, 0.2) is 12.1 Å². The molecule has 6 nitrogen and oxygen atoms in total. The van der Waals surface area contributed by atoms with Crippen LogP contribution in [0.2, 0.25) is 0 Å². The van der Waals surface area contributed by atoms with Gasteiger partial charge >= 0.3 is 0 Å². The Labute approximate surface area is 143 Å². The van der Waals surface area contributed by atoms with E-state index in [0.717, 1.165) is 26.1 Å². The molecule has 24 heavy (non-hydrogen) atoms. The summed E-state index contributed by atoms with van der Waals surface area (Å²) in [5, 5.41) is 0. The summed E-state index contributed by atoms with van der Waals surface area (Å²) in [5.74, 6) is 4.05. The van der Waals surface area contributed by atoms with Gasteiger partial charge in [0, 0.05) is 44.7 Å². The van der Waals surface area contributed by atoms with Crippen molar-refractivity contribution in [3.8, 4) is 29.6 Å². The molecule has 0 atom stereocenters. The van der Waals surface area contributed by atoms with Gasteiger partial charge in [-0.1, -0.05) is 0 Å². The van der Waals surface area contributed by atoms with Crippen LogP contribution in [0.3, 0.4) is 0 Å². The minimum Gasteiger partial charge on any atom is -0.493 e. The first-order valence-electron chi connectivity index (χ1n) is 7.89. The van der Waals surface area contributed by atoms with E-state index in [2.05, 4.69) is 10.8 Å². The molecule has 2 rings (SSSR count). The van der Waals surface area contributed by atoms with Crippen molar-refractivity contribution in [2.45, 2.75) is 6.42 Å². The standard InChI is InChI=1S/C18H24N2O4/c1-5-6-7-19-8-10-20(11-9-19)18(21)14-12-15(22-2)17(24-4)16(13-14)23-3/h1,12-13H,6-11H2,2-4H3. The quantitative estimate of drug-likeness (QED) is 0.739. The minimum absolute atomic E-state index is 0.0362. The van der Waals surface area contributed by atoms with Crippen LogP contribution < -0.4 is 14.2 Å². The second-order valence-electron chi connectivity index (χ2n) is 5.50. The predicted octanol–water partition coefficient (Wildman–Crippen LogP) is 1.49. The van der Waals surface area contributed by atoms with Crippen molar-refractivity contribution in [3.63, 3.8) is 0 Å². The number of hydrogen-bond acceptors (Lipinski definition) is 5. The number of methoxy groups -OCH3 is 3. The highest BCUT2D eigenvalue weighted by molar-refractivity contribution is 5.95. The molecular weight excluding hydrogens is 308 g/mol. The zero-order valence-electron chi connectivity index (χ0n) is 14.5. The van der Waals surface area contributed by atoms with Gasteiger partial charge in [0.25, 0.3) is 5.91 Å². The van der Waals surface area contributed by atoms with Gasteiger partial charge in [0.1, 0.15) is 0 Å². The van der Waals surface area contributed by atoms with E-state index < -0.39 is 0 Å². The first-order valence-corrected chi connectivity index (χ1v) is 7.89. The molecule has 0 aliphatic carbocycles. The third-order valence-electron chi connectivity index (χ3n) is 4.14. The molecule has 1 amide bonds. The van der Waals surface area contributed by atoms with Crippen LogP contribution in [-0.4, -0.2) is 69.8 Å².